The summed E-state index contributed by atoms with van der Waals surface area (Å²) >= 11 is 0. The van der Waals surface area contributed by atoms with Crippen LogP contribution in [0.4, 0.5) is 28.6 Å². The molecule has 0 saturated heterocycles. The standard InChI is InChI=1S/C53H36N6/c1-3-4-17-50(56-2)58(46-27-23-40(32-42(46)34-54)36-13-7-5-8-14-36)48-29-21-38-20-26-45-49(30-22-39-19-25-44(48)52(38)53(39)45)59(51-18-11-12-31-57-51)47-28-24-41(33-43(47)35-55)37-15-9-6-10-16-37/h3-33H,2H2,1H3/b4-3-,50-17+. The molecular formula is C53H36N6. The van der Waals surface area contributed by atoms with Crippen molar-refractivity contribution in [3.63, 3.8) is 0 Å². The molecule has 278 valence electrons. The molecule has 0 aliphatic carbocycles. The molecule has 6 nitrogen and oxygen atoms in total. The summed E-state index contributed by atoms with van der Waals surface area (Å²) in [4.78, 5) is 13.5. The largest absolute Gasteiger partial charge is 0.293 e. The minimum Gasteiger partial charge on any atom is -0.293 e. The van der Waals surface area contributed by atoms with E-state index in [1.165, 1.54) is 0 Å². The first kappa shape index (κ1) is 36.3. The number of pyridine rings is 1. The first-order valence-corrected chi connectivity index (χ1v) is 19.3. The Morgan fingerprint density at radius 3 is 1.66 bits per heavy atom. The second kappa shape index (κ2) is 15.7. The van der Waals surface area contributed by atoms with E-state index < -0.39 is 0 Å². The molecule has 9 rings (SSSR count). The van der Waals surface area contributed by atoms with Gasteiger partial charge in [0.25, 0.3) is 0 Å². The Kier molecular flexibility index (Phi) is 9.65. The van der Waals surface area contributed by atoms with E-state index in [0.717, 1.165) is 71.6 Å². The number of hydrogen-bond acceptors (Lipinski definition) is 6. The fourth-order valence-electron chi connectivity index (χ4n) is 8.04. The van der Waals surface area contributed by atoms with E-state index in [0.29, 0.717) is 28.5 Å². The van der Waals surface area contributed by atoms with Crippen LogP contribution in [0.15, 0.2) is 199 Å². The highest BCUT2D eigenvalue weighted by Crippen LogP contribution is 2.47. The van der Waals surface area contributed by atoms with Crippen LogP contribution in [0.2, 0.25) is 0 Å². The summed E-state index contributed by atoms with van der Waals surface area (Å²) < 4.78 is 0. The molecule has 0 aliphatic heterocycles. The number of anilines is 5. The number of hydrogen-bond donors (Lipinski definition) is 0. The van der Waals surface area contributed by atoms with Crippen LogP contribution in [0.3, 0.4) is 0 Å². The maximum absolute atomic E-state index is 10.6. The van der Waals surface area contributed by atoms with Crippen LogP contribution in [0.5, 0.6) is 0 Å². The highest BCUT2D eigenvalue weighted by Gasteiger charge is 2.25. The lowest BCUT2D eigenvalue weighted by Gasteiger charge is -2.29. The molecule has 9 aromatic rings. The van der Waals surface area contributed by atoms with Crippen molar-refractivity contribution in [3.05, 3.63) is 205 Å². The number of nitriles is 2. The van der Waals surface area contributed by atoms with Crippen molar-refractivity contribution in [3.8, 4) is 34.4 Å². The van der Waals surface area contributed by atoms with Crippen molar-refractivity contribution in [1.29, 1.82) is 10.5 Å². The third-order valence-corrected chi connectivity index (χ3v) is 10.7. The van der Waals surface area contributed by atoms with E-state index in [4.69, 9.17) is 4.98 Å². The molecule has 0 saturated carbocycles. The number of benzene rings is 8. The second-order valence-corrected chi connectivity index (χ2v) is 14.1. The minimum absolute atomic E-state index is 0.506. The van der Waals surface area contributed by atoms with Crippen LogP contribution >= 0.6 is 0 Å². The van der Waals surface area contributed by atoms with Gasteiger partial charge in [-0.05, 0) is 112 Å². The van der Waals surface area contributed by atoms with Crippen LogP contribution in [0, 0.1) is 22.7 Å². The third-order valence-electron chi connectivity index (χ3n) is 10.7. The number of aliphatic imine (C=N–C) groups is 1. The summed E-state index contributed by atoms with van der Waals surface area (Å²) in [6.45, 7) is 5.94. The van der Waals surface area contributed by atoms with E-state index in [1.54, 1.807) is 6.20 Å². The highest BCUT2D eigenvalue weighted by molar-refractivity contribution is 6.28. The van der Waals surface area contributed by atoms with Gasteiger partial charge in [0.1, 0.15) is 23.8 Å². The van der Waals surface area contributed by atoms with E-state index in [9.17, 15) is 10.5 Å². The molecule has 0 spiro atoms. The average molecular weight is 757 g/mol. The van der Waals surface area contributed by atoms with Crippen molar-refractivity contribution < 1.29 is 0 Å². The highest BCUT2D eigenvalue weighted by atomic mass is 15.2. The third kappa shape index (κ3) is 6.51. The Hall–Kier alpha value is -8.32. The maximum atomic E-state index is 10.6. The van der Waals surface area contributed by atoms with Gasteiger partial charge in [-0.25, -0.2) is 9.98 Å². The molecule has 0 amide bonds. The van der Waals surface area contributed by atoms with Gasteiger partial charge in [-0.1, -0.05) is 127 Å². The van der Waals surface area contributed by atoms with Gasteiger partial charge in [-0.2, -0.15) is 10.5 Å². The van der Waals surface area contributed by atoms with Gasteiger partial charge < -0.3 is 0 Å². The Balaban J connectivity index is 1.28. The Morgan fingerprint density at radius 1 is 0.576 bits per heavy atom. The lowest BCUT2D eigenvalue weighted by Crippen LogP contribution is -2.17. The van der Waals surface area contributed by atoms with Gasteiger partial charge in [-0.3, -0.25) is 9.80 Å². The number of aromatic nitrogens is 1. The Bertz CT molecular complexity index is 3160. The summed E-state index contributed by atoms with van der Waals surface area (Å²) in [7, 11) is 0. The molecule has 0 radical (unpaired) electrons. The first-order chi connectivity index (χ1) is 29.1. The quantitative estimate of drug-likeness (QED) is 0.0788. The lowest BCUT2D eigenvalue weighted by molar-refractivity contribution is 1.13. The van der Waals surface area contributed by atoms with Crippen LogP contribution in [-0.2, 0) is 0 Å². The second-order valence-electron chi connectivity index (χ2n) is 14.1. The summed E-state index contributed by atoms with van der Waals surface area (Å²) in [5, 5.41) is 27.5. The molecule has 6 heteroatoms. The topological polar surface area (TPSA) is 79.3 Å². The zero-order valence-electron chi connectivity index (χ0n) is 32.3. The van der Waals surface area contributed by atoms with Crippen LogP contribution in [0.1, 0.15) is 18.1 Å². The number of nitrogens with zero attached hydrogens (tertiary/aromatic N) is 6. The van der Waals surface area contributed by atoms with Crippen molar-refractivity contribution >= 4 is 67.6 Å². The van der Waals surface area contributed by atoms with Crippen LogP contribution in [0.25, 0.3) is 54.6 Å². The normalized spacial score (nSPS) is 11.5. The lowest BCUT2D eigenvalue weighted by atomic mass is 9.91. The van der Waals surface area contributed by atoms with Crippen molar-refractivity contribution in [1.82, 2.24) is 4.98 Å². The van der Waals surface area contributed by atoms with Gasteiger partial charge in [-0.15, -0.1) is 0 Å². The first-order valence-electron chi connectivity index (χ1n) is 19.3. The minimum atomic E-state index is 0.506. The Morgan fingerprint density at radius 2 is 1.10 bits per heavy atom. The molecular weight excluding hydrogens is 721 g/mol. The molecule has 0 atom stereocenters. The zero-order chi connectivity index (χ0) is 40.3. The van der Waals surface area contributed by atoms with Gasteiger partial charge in [0, 0.05) is 17.0 Å². The van der Waals surface area contributed by atoms with Gasteiger partial charge >= 0.3 is 0 Å². The number of rotatable bonds is 10. The van der Waals surface area contributed by atoms with Gasteiger partial charge in [0.2, 0.25) is 0 Å². The Labute approximate surface area is 343 Å². The molecule has 1 aromatic heterocycles. The molecule has 0 aliphatic rings. The molecule has 0 bridgehead atoms. The van der Waals surface area contributed by atoms with Crippen LogP contribution in [-0.4, -0.2) is 11.7 Å². The summed E-state index contributed by atoms with van der Waals surface area (Å²) in [6.07, 6.45) is 7.56. The molecule has 0 fully saturated rings. The molecule has 59 heavy (non-hydrogen) atoms. The smallest absolute Gasteiger partial charge is 0.137 e. The van der Waals surface area contributed by atoms with E-state index in [-0.39, 0.29) is 0 Å². The van der Waals surface area contributed by atoms with Gasteiger partial charge in [0.15, 0.2) is 0 Å². The van der Waals surface area contributed by atoms with Crippen molar-refractivity contribution in [2.75, 3.05) is 9.80 Å². The summed E-state index contributed by atoms with van der Waals surface area (Å²) in [6, 6.07) is 60.0. The number of allylic oxidation sites excluding steroid dienone is 3. The predicted octanol–water partition coefficient (Wildman–Crippen LogP) is 13.8. The van der Waals surface area contributed by atoms with Crippen LogP contribution < -0.4 is 9.80 Å². The molecule has 1 heterocycles. The monoisotopic (exact) mass is 756 g/mol. The molecule has 8 aromatic carbocycles. The van der Waals surface area contributed by atoms with E-state index in [1.807, 2.05) is 139 Å². The van der Waals surface area contributed by atoms with E-state index in [2.05, 4.69) is 83.3 Å². The molecule has 0 unspecified atom stereocenters. The fourth-order valence-corrected chi connectivity index (χ4v) is 8.04. The van der Waals surface area contributed by atoms with Crippen molar-refractivity contribution in [2.45, 2.75) is 6.92 Å². The van der Waals surface area contributed by atoms with Gasteiger partial charge in [0.05, 0.1) is 33.9 Å². The summed E-state index contributed by atoms with van der Waals surface area (Å²) in [5.74, 6) is 1.27. The maximum Gasteiger partial charge on any atom is 0.137 e. The average Bonchev–Trinajstić information content (AvgIpc) is 3.31. The zero-order valence-corrected chi connectivity index (χ0v) is 32.3. The van der Waals surface area contributed by atoms with Crippen molar-refractivity contribution in [2.24, 2.45) is 4.99 Å². The SMILES string of the molecule is C=N/C(=C\C=C/C)N(c1ccc(-c2ccccc2)cc1C#N)c1ccc2ccc3c(N(c4ccccn4)c4ccc(-c5ccccc5)cc4C#N)ccc4ccc1c2c43. The fraction of sp³-hybridized carbons (Fsp3) is 0.0189. The summed E-state index contributed by atoms with van der Waals surface area (Å²) in [5.41, 5.74) is 8.18. The predicted molar refractivity (Wildman–Crippen MR) is 244 cm³/mol. The molecule has 0 N–H and O–H groups in total. The van der Waals surface area contributed by atoms with E-state index >= 15 is 0 Å².